The highest BCUT2D eigenvalue weighted by atomic mass is 16.6. The maximum Gasteiger partial charge on any atom is 0.274 e. The molecular formula is C12H18N2O3. The second-order valence-corrected chi connectivity index (χ2v) is 3.68. The van der Waals surface area contributed by atoms with E-state index in [0.717, 1.165) is 12.8 Å². The Hall–Kier alpha value is -1.78. The van der Waals surface area contributed by atoms with Gasteiger partial charge in [0, 0.05) is 0 Å². The molecule has 17 heavy (non-hydrogen) atoms. The molecule has 1 aromatic rings. The Morgan fingerprint density at radius 2 is 2.29 bits per heavy atom. The lowest BCUT2D eigenvalue weighted by Crippen LogP contribution is -2.24. The van der Waals surface area contributed by atoms with Gasteiger partial charge in [0.2, 0.25) is 5.71 Å². The zero-order chi connectivity index (χ0) is 12.5. The van der Waals surface area contributed by atoms with Gasteiger partial charge in [-0.25, -0.2) is 0 Å². The summed E-state index contributed by atoms with van der Waals surface area (Å²) in [7, 11) is 0. The van der Waals surface area contributed by atoms with E-state index in [1.165, 1.54) is 19.1 Å². The second-order valence-electron chi connectivity index (χ2n) is 3.68. The van der Waals surface area contributed by atoms with Gasteiger partial charge in [-0.1, -0.05) is 24.9 Å². The Morgan fingerprint density at radius 1 is 1.47 bits per heavy atom. The van der Waals surface area contributed by atoms with Crippen molar-refractivity contribution in [1.82, 2.24) is 0 Å². The standard InChI is InChI=1S/C12H18N2O3/c1-2-3-4-5-9-17-14-11(12(13)15)10-7-6-8-16-10/h6-8H,2-5,9H2,1H3,(H2,13,15)/b14-11-. The van der Waals surface area contributed by atoms with Crippen molar-refractivity contribution in [1.29, 1.82) is 0 Å². The van der Waals surface area contributed by atoms with Crippen LogP contribution in [-0.2, 0) is 9.63 Å². The number of nitrogens with two attached hydrogens (primary N) is 1. The maximum atomic E-state index is 11.1. The molecule has 0 aliphatic carbocycles. The van der Waals surface area contributed by atoms with E-state index in [4.69, 9.17) is 15.0 Å². The number of nitrogens with zero attached hydrogens (tertiary/aromatic N) is 1. The number of amides is 1. The predicted molar refractivity (Wildman–Crippen MR) is 64.5 cm³/mol. The Balaban J connectivity index is 2.41. The monoisotopic (exact) mass is 238 g/mol. The molecule has 0 saturated heterocycles. The zero-order valence-corrected chi connectivity index (χ0v) is 10.0. The van der Waals surface area contributed by atoms with Crippen LogP contribution < -0.4 is 5.73 Å². The molecule has 0 spiro atoms. The largest absolute Gasteiger partial charge is 0.462 e. The van der Waals surface area contributed by atoms with Gasteiger partial charge in [-0.05, 0) is 25.0 Å². The normalized spacial score (nSPS) is 11.5. The Morgan fingerprint density at radius 3 is 2.88 bits per heavy atom. The lowest BCUT2D eigenvalue weighted by molar-refractivity contribution is -0.112. The van der Waals surface area contributed by atoms with Gasteiger partial charge >= 0.3 is 0 Å². The number of carbonyl (C=O) groups is 1. The van der Waals surface area contributed by atoms with Crippen molar-refractivity contribution >= 4 is 11.6 Å². The van der Waals surface area contributed by atoms with E-state index in [2.05, 4.69) is 12.1 Å². The van der Waals surface area contributed by atoms with Crippen molar-refractivity contribution in [2.45, 2.75) is 32.6 Å². The highest BCUT2D eigenvalue weighted by Gasteiger charge is 2.13. The fourth-order valence-corrected chi connectivity index (χ4v) is 1.33. The molecule has 94 valence electrons. The summed E-state index contributed by atoms with van der Waals surface area (Å²) in [5, 5.41) is 3.71. The van der Waals surface area contributed by atoms with Crippen LogP contribution in [0.3, 0.4) is 0 Å². The van der Waals surface area contributed by atoms with Crippen molar-refractivity contribution in [2.75, 3.05) is 6.61 Å². The molecule has 5 nitrogen and oxygen atoms in total. The van der Waals surface area contributed by atoms with Crippen LogP contribution in [0.5, 0.6) is 0 Å². The minimum Gasteiger partial charge on any atom is -0.462 e. The number of hydrogen-bond acceptors (Lipinski definition) is 4. The Kier molecular flexibility index (Phi) is 5.85. The van der Waals surface area contributed by atoms with Crippen molar-refractivity contribution in [2.24, 2.45) is 10.9 Å². The van der Waals surface area contributed by atoms with Crippen LogP contribution >= 0.6 is 0 Å². The van der Waals surface area contributed by atoms with Gasteiger partial charge in [-0.3, -0.25) is 4.79 Å². The molecule has 0 aliphatic heterocycles. The first-order valence-corrected chi connectivity index (χ1v) is 5.79. The van der Waals surface area contributed by atoms with Gasteiger partial charge in [-0.15, -0.1) is 0 Å². The van der Waals surface area contributed by atoms with Gasteiger partial charge in [-0.2, -0.15) is 0 Å². The summed E-state index contributed by atoms with van der Waals surface area (Å²) in [6, 6.07) is 3.28. The average molecular weight is 238 g/mol. The maximum absolute atomic E-state index is 11.1. The molecule has 0 fully saturated rings. The fraction of sp³-hybridized carbons (Fsp3) is 0.500. The van der Waals surface area contributed by atoms with Crippen LogP contribution in [-0.4, -0.2) is 18.2 Å². The summed E-state index contributed by atoms with van der Waals surface area (Å²) in [4.78, 5) is 16.2. The molecule has 2 N–H and O–H groups in total. The first kappa shape index (κ1) is 13.3. The first-order valence-electron chi connectivity index (χ1n) is 5.79. The molecule has 0 bridgehead atoms. The second kappa shape index (κ2) is 7.49. The molecule has 0 aliphatic rings. The van der Waals surface area contributed by atoms with E-state index in [-0.39, 0.29) is 5.71 Å². The van der Waals surface area contributed by atoms with Crippen molar-refractivity contribution in [3.8, 4) is 0 Å². The van der Waals surface area contributed by atoms with E-state index in [1.807, 2.05) is 0 Å². The van der Waals surface area contributed by atoms with Crippen LogP contribution in [0.2, 0.25) is 0 Å². The number of rotatable bonds is 8. The quantitative estimate of drug-likeness (QED) is 0.428. The highest BCUT2D eigenvalue weighted by molar-refractivity contribution is 6.43. The molecule has 0 radical (unpaired) electrons. The molecule has 0 atom stereocenters. The molecule has 1 aromatic heterocycles. The molecule has 1 amide bonds. The molecule has 0 aromatic carbocycles. The third kappa shape index (κ3) is 4.72. The number of carbonyl (C=O) groups excluding carboxylic acids is 1. The molecule has 1 heterocycles. The van der Waals surface area contributed by atoms with Crippen LogP contribution in [0.15, 0.2) is 28.0 Å². The summed E-state index contributed by atoms with van der Waals surface area (Å²) in [5.74, 6) is -0.334. The molecular weight excluding hydrogens is 220 g/mol. The number of oxime groups is 1. The van der Waals surface area contributed by atoms with Crippen molar-refractivity contribution < 1.29 is 14.0 Å². The van der Waals surface area contributed by atoms with Gasteiger partial charge in [0.1, 0.15) is 6.61 Å². The van der Waals surface area contributed by atoms with E-state index in [9.17, 15) is 4.79 Å². The van der Waals surface area contributed by atoms with Crippen LogP contribution in [0.25, 0.3) is 0 Å². The summed E-state index contributed by atoms with van der Waals surface area (Å²) >= 11 is 0. The summed E-state index contributed by atoms with van der Waals surface area (Å²) in [6.07, 6.45) is 5.81. The van der Waals surface area contributed by atoms with Crippen molar-refractivity contribution in [3.63, 3.8) is 0 Å². The van der Waals surface area contributed by atoms with E-state index in [1.54, 1.807) is 12.1 Å². The molecule has 5 heteroatoms. The van der Waals surface area contributed by atoms with E-state index >= 15 is 0 Å². The molecule has 0 unspecified atom stereocenters. The SMILES string of the molecule is CCCCCCO/N=C(\C(N)=O)c1ccco1. The number of primary amides is 1. The summed E-state index contributed by atoms with van der Waals surface area (Å²) in [5.41, 5.74) is 5.20. The lowest BCUT2D eigenvalue weighted by atomic mass is 10.2. The smallest absolute Gasteiger partial charge is 0.274 e. The van der Waals surface area contributed by atoms with Crippen LogP contribution in [0, 0.1) is 0 Å². The Bertz CT molecular complexity index is 358. The average Bonchev–Trinajstić information content (AvgIpc) is 2.81. The Labute approximate surface area is 101 Å². The molecule has 0 saturated carbocycles. The van der Waals surface area contributed by atoms with Crippen LogP contribution in [0.1, 0.15) is 38.4 Å². The summed E-state index contributed by atoms with van der Waals surface area (Å²) in [6.45, 7) is 2.62. The predicted octanol–water partition coefficient (Wildman–Crippen LogP) is 2.07. The highest BCUT2D eigenvalue weighted by Crippen LogP contribution is 2.04. The number of hydrogen-bond donors (Lipinski definition) is 1. The minimum atomic E-state index is -0.659. The third-order valence-electron chi connectivity index (χ3n) is 2.23. The lowest BCUT2D eigenvalue weighted by Gasteiger charge is -2.01. The fourth-order valence-electron chi connectivity index (χ4n) is 1.33. The van der Waals surface area contributed by atoms with Gasteiger partial charge in [0.25, 0.3) is 5.91 Å². The van der Waals surface area contributed by atoms with Gasteiger partial charge < -0.3 is 15.0 Å². The number of furan rings is 1. The van der Waals surface area contributed by atoms with E-state index < -0.39 is 5.91 Å². The van der Waals surface area contributed by atoms with Gasteiger partial charge in [0.05, 0.1) is 6.26 Å². The topological polar surface area (TPSA) is 77.8 Å². The zero-order valence-electron chi connectivity index (χ0n) is 10.0. The van der Waals surface area contributed by atoms with E-state index in [0.29, 0.717) is 12.4 Å². The van der Waals surface area contributed by atoms with Crippen LogP contribution in [0.4, 0.5) is 0 Å². The minimum absolute atomic E-state index is 0.0190. The number of unbranched alkanes of at least 4 members (excludes halogenated alkanes) is 3. The summed E-state index contributed by atoms with van der Waals surface area (Å²) < 4.78 is 5.04. The first-order chi connectivity index (χ1) is 8.25. The third-order valence-corrected chi connectivity index (χ3v) is 2.23. The molecule has 1 rings (SSSR count). The van der Waals surface area contributed by atoms with Gasteiger partial charge in [0.15, 0.2) is 5.76 Å². The van der Waals surface area contributed by atoms with Crippen molar-refractivity contribution in [3.05, 3.63) is 24.2 Å².